The first-order valence-corrected chi connectivity index (χ1v) is 7.27. The van der Waals surface area contributed by atoms with Crippen LogP contribution in [0.2, 0.25) is 0 Å². The number of aryl methyl sites for hydroxylation is 2. The highest BCUT2D eigenvalue weighted by atomic mass is 16.3. The van der Waals surface area contributed by atoms with Gasteiger partial charge in [-0.25, -0.2) is 0 Å². The lowest BCUT2D eigenvalue weighted by atomic mass is 10.00. The van der Waals surface area contributed by atoms with E-state index in [0.717, 1.165) is 49.9 Å². The molecule has 1 aromatic carbocycles. The van der Waals surface area contributed by atoms with E-state index < -0.39 is 0 Å². The molecule has 0 aliphatic heterocycles. The Morgan fingerprint density at radius 2 is 1.33 bits per heavy atom. The Hall–Kier alpha value is -1.18. The summed E-state index contributed by atoms with van der Waals surface area (Å²) in [5.74, 6) is 0.523. The molecule has 1 N–H and O–H groups in total. The first-order valence-electron chi connectivity index (χ1n) is 7.27. The maximum atomic E-state index is 10.3. The van der Waals surface area contributed by atoms with Gasteiger partial charge in [-0.15, -0.1) is 0 Å². The Balaban J connectivity index is 3.18. The molecule has 0 radical (unpaired) electrons. The predicted octanol–water partition coefficient (Wildman–Crippen LogP) is 4.14. The zero-order valence-electron chi connectivity index (χ0n) is 12.3. The van der Waals surface area contributed by atoms with Crippen molar-refractivity contribution in [2.75, 3.05) is 18.0 Å². The van der Waals surface area contributed by atoms with Crippen LogP contribution in [0.1, 0.15) is 51.7 Å². The van der Waals surface area contributed by atoms with Gasteiger partial charge < -0.3 is 10.0 Å². The average Bonchev–Trinajstić information content (AvgIpc) is 2.36. The predicted molar refractivity (Wildman–Crippen MR) is 79.7 cm³/mol. The fourth-order valence-electron chi connectivity index (χ4n) is 2.43. The molecule has 2 heteroatoms. The number of rotatable bonds is 7. The molecule has 2 nitrogen and oxygen atoms in total. The lowest BCUT2D eigenvalue weighted by Gasteiger charge is -2.23. The Kier molecular flexibility index (Phi) is 6.03. The Labute approximate surface area is 112 Å². The van der Waals surface area contributed by atoms with Gasteiger partial charge in [0.05, 0.1) is 0 Å². The van der Waals surface area contributed by atoms with Gasteiger partial charge in [-0.1, -0.05) is 26.7 Å². The van der Waals surface area contributed by atoms with Crippen molar-refractivity contribution in [2.45, 2.75) is 53.4 Å². The van der Waals surface area contributed by atoms with Gasteiger partial charge in [0, 0.05) is 18.8 Å². The van der Waals surface area contributed by atoms with E-state index in [4.69, 9.17) is 0 Å². The van der Waals surface area contributed by atoms with Crippen molar-refractivity contribution in [3.8, 4) is 5.75 Å². The quantitative estimate of drug-likeness (QED) is 0.785. The van der Waals surface area contributed by atoms with E-state index in [1.165, 1.54) is 5.69 Å². The smallest absolute Gasteiger partial charge is 0.122 e. The molecule has 0 amide bonds. The minimum Gasteiger partial charge on any atom is -0.507 e. The van der Waals surface area contributed by atoms with Gasteiger partial charge in [0.25, 0.3) is 0 Å². The van der Waals surface area contributed by atoms with E-state index in [1.807, 2.05) is 0 Å². The molecular formula is C16H27NO. The summed E-state index contributed by atoms with van der Waals surface area (Å²) in [6, 6.07) is 4.32. The molecule has 0 aromatic heterocycles. The van der Waals surface area contributed by atoms with Crippen molar-refractivity contribution in [2.24, 2.45) is 0 Å². The molecule has 18 heavy (non-hydrogen) atoms. The van der Waals surface area contributed by atoms with Gasteiger partial charge in [0.2, 0.25) is 0 Å². The number of benzene rings is 1. The van der Waals surface area contributed by atoms with E-state index in [-0.39, 0.29) is 0 Å². The molecular weight excluding hydrogens is 222 g/mol. The van der Waals surface area contributed by atoms with E-state index in [2.05, 4.69) is 44.7 Å². The molecule has 0 aliphatic rings. The third-order valence-corrected chi connectivity index (χ3v) is 3.42. The van der Waals surface area contributed by atoms with E-state index >= 15 is 0 Å². The molecule has 0 spiro atoms. The van der Waals surface area contributed by atoms with Crippen LogP contribution in [0, 0.1) is 0 Å². The molecule has 0 atom stereocenters. The molecule has 0 aliphatic carbocycles. The zero-order chi connectivity index (χ0) is 13.5. The second kappa shape index (κ2) is 7.30. The van der Waals surface area contributed by atoms with Crippen LogP contribution in [0.5, 0.6) is 5.75 Å². The van der Waals surface area contributed by atoms with Gasteiger partial charge >= 0.3 is 0 Å². The number of phenolic OH excluding ortho intramolecular Hbond substituents is 1. The number of anilines is 1. The first kappa shape index (κ1) is 14.9. The SMILES string of the molecule is CCCc1cc(N(CC)CC)cc(CCC)c1O. The monoisotopic (exact) mass is 249 g/mol. The second-order valence-corrected chi connectivity index (χ2v) is 4.78. The lowest BCUT2D eigenvalue weighted by Crippen LogP contribution is -2.22. The summed E-state index contributed by atoms with van der Waals surface area (Å²) in [6.45, 7) is 10.7. The highest BCUT2D eigenvalue weighted by Gasteiger charge is 2.11. The third-order valence-electron chi connectivity index (χ3n) is 3.42. The van der Waals surface area contributed by atoms with Crippen LogP contribution < -0.4 is 4.90 Å². The fraction of sp³-hybridized carbons (Fsp3) is 0.625. The number of hydrogen-bond donors (Lipinski definition) is 1. The van der Waals surface area contributed by atoms with Crippen molar-refractivity contribution in [1.82, 2.24) is 0 Å². The Morgan fingerprint density at radius 1 is 0.889 bits per heavy atom. The highest BCUT2D eigenvalue weighted by molar-refractivity contribution is 5.57. The summed E-state index contributed by atoms with van der Waals surface area (Å²) in [5, 5.41) is 10.3. The van der Waals surface area contributed by atoms with Gasteiger partial charge in [0.1, 0.15) is 5.75 Å². The number of hydrogen-bond acceptors (Lipinski definition) is 2. The minimum atomic E-state index is 0.523. The standard InChI is InChI=1S/C16H27NO/c1-5-9-13-11-15(17(7-3)8-4)12-14(10-6-2)16(13)18/h11-12,18H,5-10H2,1-4H3. The van der Waals surface area contributed by atoms with Crippen LogP contribution in [0.15, 0.2) is 12.1 Å². The zero-order valence-corrected chi connectivity index (χ0v) is 12.3. The average molecular weight is 249 g/mol. The summed E-state index contributed by atoms with van der Waals surface area (Å²) < 4.78 is 0. The lowest BCUT2D eigenvalue weighted by molar-refractivity contribution is 0.460. The van der Waals surface area contributed by atoms with Crippen molar-refractivity contribution in [1.29, 1.82) is 0 Å². The summed E-state index contributed by atoms with van der Waals surface area (Å²) in [5.41, 5.74) is 3.46. The van der Waals surface area contributed by atoms with Gasteiger partial charge in [-0.3, -0.25) is 0 Å². The molecule has 1 rings (SSSR count). The molecule has 0 bridgehead atoms. The molecule has 0 saturated heterocycles. The Morgan fingerprint density at radius 3 is 1.67 bits per heavy atom. The van der Waals surface area contributed by atoms with Gasteiger partial charge in [0.15, 0.2) is 0 Å². The third kappa shape index (κ3) is 3.41. The summed E-state index contributed by atoms with van der Waals surface area (Å²) in [7, 11) is 0. The van der Waals surface area contributed by atoms with E-state index in [1.54, 1.807) is 0 Å². The topological polar surface area (TPSA) is 23.5 Å². The molecule has 0 fully saturated rings. The number of phenols is 1. The van der Waals surface area contributed by atoms with Crippen LogP contribution in [-0.4, -0.2) is 18.2 Å². The summed E-state index contributed by atoms with van der Waals surface area (Å²) in [4.78, 5) is 2.34. The van der Waals surface area contributed by atoms with Crippen molar-refractivity contribution in [3.63, 3.8) is 0 Å². The molecule has 0 heterocycles. The Bertz CT molecular complexity index is 342. The van der Waals surface area contributed by atoms with Crippen LogP contribution in [0.25, 0.3) is 0 Å². The maximum absolute atomic E-state index is 10.3. The van der Waals surface area contributed by atoms with Crippen LogP contribution in [-0.2, 0) is 12.8 Å². The van der Waals surface area contributed by atoms with Crippen molar-refractivity contribution < 1.29 is 5.11 Å². The van der Waals surface area contributed by atoms with Crippen molar-refractivity contribution >= 4 is 5.69 Å². The van der Waals surface area contributed by atoms with Crippen LogP contribution in [0.4, 0.5) is 5.69 Å². The normalized spacial score (nSPS) is 10.7. The summed E-state index contributed by atoms with van der Waals surface area (Å²) in [6.07, 6.45) is 4.05. The number of aromatic hydroxyl groups is 1. The fourth-order valence-corrected chi connectivity index (χ4v) is 2.43. The van der Waals surface area contributed by atoms with Gasteiger partial charge in [-0.2, -0.15) is 0 Å². The second-order valence-electron chi connectivity index (χ2n) is 4.78. The molecule has 0 unspecified atom stereocenters. The summed E-state index contributed by atoms with van der Waals surface area (Å²) >= 11 is 0. The highest BCUT2D eigenvalue weighted by Crippen LogP contribution is 2.31. The molecule has 102 valence electrons. The van der Waals surface area contributed by atoms with Crippen LogP contribution in [0.3, 0.4) is 0 Å². The first-order chi connectivity index (χ1) is 8.67. The molecule has 1 aromatic rings. The largest absolute Gasteiger partial charge is 0.507 e. The van der Waals surface area contributed by atoms with E-state index in [9.17, 15) is 5.11 Å². The van der Waals surface area contributed by atoms with Crippen LogP contribution >= 0.6 is 0 Å². The van der Waals surface area contributed by atoms with Gasteiger partial charge in [-0.05, 0) is 49.9 Å². The number of nitrogens with zero attached hydrogens (tertiary/aromatic N) is 1. The minimum absolute atomic E-state index is 0.523. The van der Waals surface area contributed by atoms with Crippen molar-refractivity contribution in [3.05, 3.63) is 23.3 Å². The maximum Gasteiger partial charge on any atom is 0.122 e. The molecule has 0 saturated carbocycles. The van der Waals surface area contributed by atoms with E-state index in [0.29, 0.717) is 5.75 Å².